The predicted molar refractivity (Wildman–Crippen MR) is 84.2 cm³/mol. The van der Waals surface area contributed by atoms with Crippen LogP contribution in [0.3, 0.4) is 0 Å². The Morgan fingerprint density at radius 1 is 1.35 bits per heavy atom. The van der Waals surface area contributed by atoms with E-state index < -0.39 is 11.4 Å². The van der Waals surface area contributed by atoms with Gasteiger partial charge < -0.3 is 5.73 Å². The number of nitrogens with one attached hydrogen (secondary N) is 1. The summed E-state index contributed by atoms with van der Waals surface area (Å²) in [7, 11) is 0. The molecule has 2 aromatic rings. The average Bonchev–Trinajstić information content (AvgIpc) is 2.92. The second-order valence-electron chi connectivity index (χ2n) is 4.55. The Morgan fingerprint density at radius 3 is 2.65 bits per heavy atom. The number of thiophene rings is 1. The first kappa shape index (κ1) is 15.3. The standard InChI is InChI=1S/C14H14Cl2N2OS/c1-14(13(17)19,18-8-10-3-2-6-20-10)9-4-5-11(15)12(16)7-9/h2-7,18H,8H2,1H3,(H2,17,19). The molecule has 1 heterocycles. The smallest absolute Gasteiger partial charge is 0.242 e. The van der Waals surface area contributed by atoms with Crippen LogP contribution in [0.25, 0.3) is 0 Å². The van der Waals surface area contributed by atoms with E-state index in [0.717, 1.165) is 4.88 Å². The normalized spacial score (nSPS) is 13.9. The van der Waals surface area contributed by atoms with Gasteiger partial charge in [-0.25, -0.2) is 0 Å². The molecule has 0 saturated carbocycles. The van der Waals surface area contributed by atoms with Crippen LogP contribution >= 0.6 is 34.5 Å². The maximum atomic E-state index is 11.9. The van der Waals surface area contributed by atoms with Gasteiger partial charge in [0.2, 0.25) is 5.91 Å². The minimum atomic E-state index is -1.00. The quantitative estimate of drug-likeness (QED) is 0.881. The Labute approximate surface area is 131 Å². The van der Waals surface area contributed by atoms with Crippen molar-refractivity contribution in [2.24, 2.45) is 5.73 Å². The largest absolute Gasteiger partial charge is 0.368 e. The molecule has 0 bridgehead atoms. The molecule has 1 aromatic carbocycles. The number of nitrogens with two attached hydrogens (primary N) is 1. The van der Waals surface area contributed by atoms with Gasteiger partial charge in [0, 0.05) is 11.4 Å². The monoisotopic (exact) mass is 328 g/mol. The van der Waals surface area contributed by atoms with Crippen molar-refractivity contribution in [3.8, 4) is 0 Å². The topological polar surface area (TPSA) is 55.1 Å². The molecule has 3 nitrogen and oxygen atoms in total. The predicted octanol–water partition coefficient (Wildman–Crippen LogP) is 3.55. The van der Waals surface area contributed by atoms with Crippen LogP contribution in [0.1, 0.15) is 17.4 Å². The number of halogens is 2. The fraction of sp³-hybridized carbons (Fsp3) is 0.214. The number of amides is 1. The first-order valence-electron chi connectivity index (χ1n) is 5.96. The maximum Gasteiger partial charge on any atom is 0.242 e. The van der Waals surface area contributed by atoms with Gasteiger partial charge >= 0.3 is 0 Å². The number of primary amides is 1. The number of hydrogen-bond donors (Lipinski definition) is 2. The molecule has 0 aliphatic heterocycles. The van der Waals surface area contributed by atoms with Crippen LogP contribution in [0.2, 0.25) is 10.0 Å². The van der Waals surface area contributed by atoms with Crippen molar-refractivity contribution >= 4 is 40.4 Å². The van der Waals surface area contributed by atoms with Crippen LogP contribution in [0.4, 0.5) is 0 Å². The molecule has 0 fully saturated rings. The molecule has 3 N–H and O–H groups in total. The molecule has 1 atom stereocenters. The van der Waals surface area contributed by atoms with Gasteiger partial charge in [0.05, 0.1) is 10.0 Å². The summed E-state index contributed by atoms with van der Waals surface area (Å²) < 4.78 is 0. The van der Waals surface area contributed by atoms with E-state index in [1.807, 2.05) is 17.5 Å². The number of rotatable bonds is 5. The summed E-state index contributed by atoms with van der Waals surface area (Å²) >= 11 is 13.5. The highest BCUT2D eigenvalue weighted by molar-refractivity contribution is 7.09. The highest BCUT2D eigenvalue weighted by atomic mass is 35.5. The summed E-state index contributed by atoms with van der Waals surface area (Å²) in [4.78, 5) is 13.0. The Balaban J connectivity index is 2.28. The van der Waals surface area contributed by atoms with Crippen LogP contribution in [-0.4, -0.2) is 5.91 Å². The van der Waals surface area contributed by atoms with Gasteiger partial charge in [-0.05, 0) is 36.1 Å². The van der Waals surface area contributed by atoms with Crippen LogP contribution in [0.5, 0.6) is 0 Å². The first-order valence-corrected chi connectivity index (χ1v) is 7.60. The molecule has 1 unspecified atom stereocenters. The molecular formula is C14H14Cl2N2OS. The Kier molecular flexibility index (Phi) is 4.70. The van der Waals surface area contributed by atoms with Crippen LogP contribution in [-0.2, 0) is 16.9 Å². The van der Waals surface area contributed by atoms with Crippen molar-refractivity contribution in [1.29, 1.82) is 0 Å². The molecule has 0 aliphatic carbocycles. The Morgan fingerprint density at radius 2 is 2.10 bits per heavy atom. The molecule has 20 heavy (non-hydrogen) atoms. The molecule has 0 saturated heterocycles. The van der Waals surface area contributed by atoms with Crippen LogP contribution in [0, 0.1) is 0 Å². The van der Waals surface area contributed by atoms with Gasteiger partial charge in [0.15, 0.2) is 0 Å². The van der Waals surface area contributed by atoms with Crippen LogP contribution in [0.15, 0.2) is 35.7 Å². The molecular weight excluding hydrogens is 315 g/mol. The second-order valence-corrected chi connectivity index (χ2v) is 6.40. The van der Waals surface area contributed by atoms with Gasteiger partial charge in [-0.1, -0.05) is 35.3 Å². The summed E-state index contributed by atoms with van der Waals surface area (Å²) in [6, 6.07) is 9.03. The lowest BCUT2D eigenvalue weighted by atomic mass is 9.91. The summed E-state index contributed by atoms with van der Waals surface area (Å²) in [6.07, 6.45) is 0. The zero-order valence-corrected chi connectivity index (χ0v) is 13.1. The fourth-order valence-corrected chi connectivity index (χ4v) is 2.76. The Hall–Kier alpha value is -1.07. The minimum absolute atomic E-state index is 0.398. The van der Waals surface area contributed by atoms with E-state index >= 15 is 0 Å². The van der Waals surface area contributed by atoms with E-state index in [4.69, 9.17) is 28.9 Å². The van der Waals surface area contributed by atoms with E-state index in [9.17, 15) is 4.79 Å². The molecule has 106 valence electrons. The molecule has 0 spiro atoms. The second kappa shape index (κ2) is 6.14. The molecule has 0 radical (unpaired) electrons. The van der Waals surface area contributed by atoms with E-state index in [2.05, 4.69) is 5.32 Å². The van der Waals surface area contributed by atoms with Gasteiger partial charge in [0.1, 0.15) is 5.54 Å². The molecule has 6 heteroatoms. The van der Waals surface area contributed by atoms with Crippen LogP contribution < -0.4 is 11.1 Å². The highest BCUT2D eigenvalue weighted by Crippen LogP contribution is 2.29. The zero-order valence-electron chi connectivity index (χ0n) is 10.8. The summed E-state index contributed by atoms with van der Waals surface area (Å²) in [5, 5.41) is 6.02. The van der Waals surface area contributed by atoms with Gasteiger partial charge in [-0.15, -0.1) is 11.3 Å². The fourth-order valence-electron chi connectivity index (χ4n) is 1.82. The highest BCUT2D eigenvalue weighted by Gasteiger charge is 2.33. The lowest BCUT2D eigenvalue weighted by Gasteiger charge is -2.28. The van der Waals surface area contributed by atoms with Crippen molar-refractivity contribution in [3.63, 3.8) is 0 Å². The van der Waals surface area contributed by atoms with Crippen molar-refractivity contribution in [1.82, 2.24) is 5.32 Å². The van der Waals surface area contributed by atoms with Crippen molar-refractivity contribution in [3.05, 3.63) is 56.2 Å². The molecule has 0 aliphatic rings. The number of hydrogen-bond acceptors (Lipinski definition) is 3. The average molecular weight is 329 g/mol. The van der Waals surface area contributed by atoms with Gasteiger partial charge in [-0.2, -0.15) is 0 Å². The summed E-state index contributed by atoms with van der Waals surface area (Å²) in [6.45, 7) is 2.29. The van der Waals surface area contributed by atoms with E-state index in [0.29, 0.717) is 22.2 Å². The molecule has 1 aromatic heterocycles. The third-order valence-electron chi connectivity index (χ3n) is 3.19. The van der Waals surface area contributed by atoms with Gasteiger partial charge in [-0.3, -0.25) is 10.1 Å². The minimum Gasteiger partial charge on any atom is -0.368 e. The van der Waals surface area contributed by atoms with E-state index in [1.54, 1.807) is 36.5 Å². The van der Waals surface area contributed by atoms with Crippen molar-refractivity contribution < 1.29 is 4.79 Å². The lowest BCUT2D eigenvalue weighted by molar-refractivity contribution is -0.124. The Bertz CT molecular complexity index is 616. The van der Waals surface area contributed by atoms with E-state index in [-0.39, 0.29) is 0 Å². The summed E-state index contributed by atoms with van der Waals surface area (Å²) in [5.41, 5.74) is 5.25. The molecule has 2 rings (SSSR count). The SMILES string of the molecule is CC(NCc1cccs1)(C(N)=O)c1ccc(Cl)c(Cl)c1. The summed E-state index contributed by atoms with van der Waals surface area (Å²) in [5.74, 6) is -0.465. The third-order valence-corrected chi connectivity index (χ3v) is 4.80. The van der Waals surface area contributed by atoms with Gasteiger partial charge in [0.25, 0.3) is 0 Å². The third kappa shape index (κ3) is 3.15. The van der Waals surface area contributed by atoms with Crippen molar-refractivity contribution in [2.75, 3.05) is 0 Å². The lowest BCUT2D eigenvalue weighted by Crippen LogP contribution is -2.49. The number of carbonyl (C=O) groups excluding carboxylic acids is 1. The molecule has 1 amide bonds. The number of benzene rings is 1. The van der Waals surface area contributed by atoms with Crippen molar-refractivity contribution in [2.45, 2.75) is 19.0 Å². The maximum absolute atomic E-state index is 11.9. The first-order chi connectivity index (χ1) is 9.43. The zero-order chi connectivity index (χ0) is 14.8. The number of carbonyl (C=O) groups is 1. The van der Waals surface area contributed by atoms with E-state index in [1.165, 1.54) is 0 Å².